The molecular weight excluding hydrogens is 308 g/mol. The molecule has 0 unspecified atom stereocenters. The van der Waals surface area contributed by atoms with Crippen LogP contribution >= 0.6 is 22.9 Å². The Hall–Kier alpha value is -1.85. The highest BCUT2D eigenvalue weighted by molar-refractivity contribution is 7.08. The molecule has 2 amide bonds. The summed E-state index contributed by atoms with van der Waals surface area (Å²) < 4.78 is 0. The van der Waals surface area contributed by atoms with E-state index in [0.717, 1.165) is 12.8 Å². The Balaban J connectivity index is 1.76. The van der Waals surface area contributed by atoms with Gasteiger partial charge >= 0.3 is 0 Å². The number of anilines is 1. The number of thiophene rings is 1. The van der Waals surface area contributed by atoms with Crippen LogP contribution in [0.25, 0.3) is 0 Å². The molecule has 0 aliphatic heterocycles. The number of nitrogens with one attached hydrogen (secondary N) is 2. The highest BCUT2D eigenvalue weighted by Gasteiger charge is 2.24. The number of rotatable bonds is 4. The van der Waals surface area contributed by atoms with Crippen LogP contribution in [0.1, 0.15) is 33.6 Å². The first-order valence-corrected chi connectivity index (χ1v) is 7.89. The van der Waals surface area contributed by atoms with E-state index < -0.39 is 0 Å². The smallest absolute Gasteiger partial charge is 0.256 e. The lowest BCUT2D eigenvalue weighted by Crippen LogP contribution is -2.25. The van der Waals surface area contributed by atoms with Crippen molar-refractivity contribution < 1.29 is 9.59 Å². The van der Waals surface area contributed by atoms with E-state index in [4.69, 9.17) is 11.6 Å². The number of carbonyl (C=O) groups is 2. The van der Waals surface area contributed by atoms with Gasteiger partial charge in [-0.05, 0) is 42.5 Å². The number of carbonyl (C=O) groups excluding carboxylic acids is 2. The van der Waals surface area contributed by atoms with Gasteiger partial charge in [0.05, 0.1) is 16.1 Å². The van der Waals surface area contributed by atoms with Crippen molar-refractivity contribution >= 4 is 40.4 Å². The van der Waals surface area contributed by atoms with Crippen LogP contribution in [0.4, 0.5) is 5.69 Å². The van der Waals surface area contributed by atoms with Crippen LogP contribution in [-0.2, 0) is 0 Å². The summed E-state index contributed by atoms with van der Waals surface area (Å²) in [7, 11) is 0. The molecule has 0 spiro atoms. The molecule has 1 aromatic carbocycles. The van der Waals surface area contributed by atoms with Crippen molar-refractivity contribution in [1.82, 2.24) is 5.32 Å². The minimum Gasteiger partial charge on any atom is -0.349 e. The van der Waals surface area contributed by atoms with Gasteiger partial charge in [-0.3, -0.25) is 9.59 Å². The fraction of sp³-hybridized carbons (Fsp3) is 0.200. The number of hydrogen-bond acceptors (Lipinski definition) is 3. The second kappa shape index (κ2) is 5.87. The van der Waals surface area contributed by atoms with E-state index in [-0.39, 0.29) is 17.9 Å². The number of halogens is 1. The van der Waals surface area contributed by atoms with Crippen LogP contribution in [0.5, 0.6) is 0 Å². The zero-order chi connectivity index (χ0) is 14.8. The predicted molar refractivity (Wildman–Crippen MR) is 84.2 cm³/mol. The molecule has 2 aromatic rings. The third-order valence-electron chi connectivity index (χ3n) is 3.16. The quantitative estimate of drug-likeness (QED) is 0.905. The Morgan fingerprint density at radius 1 is 1.19 bits per heavy atom. The van der Waals surface area contributed by atoms with Crippen LogP contribution in [-0.4, -0.2) is 17.9 Å². The van der Waals surface area contributed by atoms with E-state index in [9.17, 15) is 9.59 Å². The van der Waals surface area contributed by atoms with E-state index >= 15 is 0 Å². The largest absolute Gasteiger partial charge is 0.349 e. The van der Waals surface area contributed by atoms with E-state index in [1.165, 1.54) is 11.3 Å². The summed E-state index contributed by atoms with van der Waals surface area (Å²) in [6.45, 7) is 0. The number of benzene rings is 1. The lowest BCUT2D eigenvalue weighted by Gasteiger charge is -2.09. The fourth-order valence-electron chi connectivity index (χ4n) is 1.86. The Labute approximate surface area is 131 Å². The number of amides is 2. The molecular formula is C15H13ClN2O2S. The van der Waals surface area contributed by atoms with Gasteiger partial charge in [-0.15, -0.1) is 0 Å². The highest BCUT2D eigenvalue weighted by atomic mass is 35.5. The molecule has 0 atom stereocenters. The zero-order valence-corrected chi connectivity index (χ0v) is 12.6. The van der Waals surface area contributed by atoms with Crippen LogP contribution in [0, 0.1) is 0 Å². The standard InChI is InChI=1S/C15H13ClN2O2S/c16-13-4-3-11(18-14(19)9-5-6-21-8-9)7-12(13)15(20)17-10-1-2-10/h3-8,10H,1-2H2,(H,17,20)(H,18,19). The Bertz CT molecular complexity index is 681. The van der Waals surface area contributed by atoms with Gasteiger partial charge in [0.1, 0.15) is 0 Å². The average molecular weight is 321 g/mol. The van der Waals surface area contributed by atoms with Crippen molar-refractivity contribution in [2.24, 2.45) is 0 Å². The van der Waals surface area contributed by atoms with Gasteiger partial charge in [0.15, 0.2) is 0 Å². The van der Waals surface area contributed by atoms with E-state index in [1.54, 1.807) is 29.6 Å². The van der Waals surface area contributed by atoms with Gasteiger partial charge in [0, 0.05) is 17.1 Å². The van der Waals surface area contributed by atoms with Crippen LogP contribution in [0.15, 0.2) is 35.0 Å². The second-order valence-corrected chi connectivity index (χ2v) is 6.10. The van der Waals surface area contributed by atoms with Gasteiger partial charge in [0.2, 0.25) is 0 Å². The van der Waals surface area contributed by atoms with Crippen molar-refractivity contribution in [2.75, 3.05) is 5.32 Å². The summed E-state index contributed by atoms with van der Waals surface area (Å²) in [6.07, 6.45) is 2.02. The fourth-order valence-corrected chi connectivity index (χ4v) is 2.70. The summed E-state index contributed by atoms with van der Waals surface area (Å²) in [6, 6.07) is 6.91. The molecule has 1 fully saturated rings. The van der Waals surface area contributed by atoms with Crippen molar-refractivity contribution in [3.63, 3.8) is 0 Å². The Morgan fingerprint density at radius 3 is 2.67 bits per heavy atom. The van der Waals surface area contributed by atoms with Gasteiger partial charge in [-0.25, -0.2) is 0 Å². The topological polar surface area (TPSA) is 58.2 Å². The minimum absolute atomic E-state index is 0.200. The summed E-state index contributed by atoms with van der Waals surface area (Å²) >= 11 is 7.52. The zero-order valence-electron chi connectivity index (χ0n) is 11.1. The summed E-state index contributed by atoms with van der Waals surface area (Å²) in [5.74, 6) is -0.402. The number of hydrogen-bond donors (Lipinski definition) is 2. The van der Waals surface area contributed by atoms with Crippen LogP contribution in [0.3, 0.4) is 0 Å². The van der Waals surface area contributed by atoms with Crippen molar-refractivity contribution in [3.8, 4) is 0 Å². The maximum Gasteiger partial charge on any atom is 0.256 e. The monoisotopic (exact) mass is 320 g/mol. The molecule has 1 heterocycles. The SMILES string of the molecule is O=C(Nc1ccc(Cl)c(C(=O)NC2CC2)c1)c1ccsc1. The maximum atomic E-state index is 12.1. The van der Waals surface area contributed by atoms with E-state index in [1.807, 2.05) is 5.38 Å². The molecule has 1 aliphatic carbocycles. The minimum atomic E-state index is -0.202. The Kier molecular flexibility index (Phi) is 3.94. The molecule has 2 N–H and O–H groups in total. The average Bonchev–Trinajstić information content (AvgIpc) is 3.10. The summed E-state index contributed by atoms with van der Waals surface area (Å²) in [4.78, 5) is 24.1. The van der Waals surface area contributed by atoms with Crippen molar-refractivity contribution in [2.45, 2.75) is 18.9 Å². The van der Waals surface area contributed by atoms with Gasteiger partial charge in [-0.2, -0.15) is 11.3 Å². The lowest BCUT2D eigenvalue weighted by atomic mass is 10.1. The van der Waals surface area contributed by atoms with Crippen molar-refractivity contribution in [1.29, 1.82) is 0 Å². The van der Waals surface area contributed by atoms with Gasteiger partial charge < -0.3 is 10.6 Å². The maximum absolute atomic E-state index is 12.1. The van der Waals surface area contributed by atoms with Gasteiger partial charge in [0.25, 0.3) is 11.8 Å². The molecule has 1 aliphatic rings. The third kappa shape index (κ3) is 3.43. The summed E-state index contributed by atoms with van der Waals surface area (Å²) in [5, 5.41) is 9.63. The van der Waals surface area contributed by atoms with Crippen LogP contribution in [0.2, 0.25) is 5.02 Å². The molecule has 0 radical (unpaired) electrons. The molecule has 3 rings (SSSR count). The molecule has 1 saturated carbocycles. The van der Waals surface area contributed by atoms with Crippen molar-refractivity contribution in [3.05, 3.63) is 51.2 Å². The van der Waals surface area contributed by atoms with Gasteiger partial charge in [-0.1, -0.05) is 11.6 Å². The molecule has 4 nitrogen and oxygen atoms in total. The first-order valence-electron chi connectivity index (χ1n) is 6.57. The molecule has 0 saturated heterocycles. The molecule has 0 bridgehead atoms. The van der Waals surface area contributed by atoms with E-state index in [2.05, 4.69) is 10.6 Å². The predicted octanol–water partition coefficient (Wildman–Crippen LogP) is 3.55. The first kappa shape index (κ1) is 14.1. The molecule has 1 aromatic heterocycles. The highest BCUT2D eigenvalue weighted by Crippen LogP contribution is 2.24. The molecule has 21 heavy (non-hydrogen) atoms. The molecule has 6 heteroatoms. The third-order valence-corrected chi connectivity index (χ3v) is 4.18. The first-order chi connectivity index (χ1) is 10.1. The summed E-state index contributed by atoms with van der Waals surface area (Å²) in [5.41, 5.74) is 1.53. The second-order valence-electron chi connectivity index (χ2n) is 4.91. The lowest BCUT2D eigenvalue weighted by molar-refractivity contribution is 0.0950. The van der Waals surface area contributed by atoms with E-state index in [0.29, 0.717) is 21.8 Å². The Morgan fingerprint density at radius 2 is 2.00 bits per heavy atom. The molecule has 108 valence electrons. The van der Waals surface area contributed by atoms with Crippen LogP contribution < -0.4 is 10.6 Å². The normalized spacial score (nSPS) is 13.8.